The molecule has 0 aliphatic heterocycles. The highest BCUT2D eigenvalue weighted by Crippen LogP contribution is 2.44. The first kappa shape index (κ1) is 24.8. The van der Waals surface area contributed by atoms with Crippen LogP contribution in [0.4, 0.5) is 8.78 Å². The van der Waals surface area contributed by atoms with Crippen molar-refractivity contribution < 1.29 is 18.3 Å². The number of likely N-dealkylation sites (N-methyl/N-ethyl adjacent to an activating group) is 1. The number of aryl methyl sites for hydroxylation is 1. The zero-order chi connectivity index (χ0) is 25.9. The van der Waals surface area contributed by atoms with Crippen molar-refractivity contribution in [2.75, 3.05) is 33.9 Å². The predicted molar refractivity (Wildman–Crippen MR) is 134 cm³/mol. The molecule has 1 N–H and O–H groups in total. The van der Waals surface area contributed by atoms with Gasteiger partial charge in [-0.05, 0) is 45.0 Å². The van der Waals surface area contributed by atoms with Gasteiger partial charge in [-0.15, -0.1) is 5.10 Å². The molecule has 11 heteroatoms. The highest BCUT2D eigenvalue weighted by atomic mass is 19.1. The third-order valence-corrected chi connectivity index (χ3v) is 6.20. The number of imidazole rings is 1. The molecule has 0 unspecified atom stereocenters. The van der Waals surface area contributed by atoms with Gasteiger partial charge in [-0.25, -0.2) is 13.8 Å². The molecule has 1 aliphatic rings. The van der Waals surface area contributed by atoms with E-state index in [9.17, 15) is 8.78 Å². The van der Waals surface area contributed by atoms with Gasteiger partial charge in [-0.2, -0.15) is 0 Å². The average Bonchev–Trinajstić information content (AvgIpc) is 3.45. The van der Waals surface area contributed by atoms with Crippen LogP contribution in [0.1, 0.15) is 18.5 Å². The van der Waals surface area contributed by atoms with Crippen LogP contribution < -0.4 is 9.47 Å². The first-order chi connectivity index (χ1) is 17.9. The van der Waals surface area contributed by atoms with Gasteiger partial charge in [-0.1, -0.05) is 5.21 Å². The van der Waals surface area contributed by atoms with Crippen LogP contribution in [-0.4, -0.2) is 68.7 Å². The summed E-state index contributed by atoms with van der Waals surface area (Å²) in [6.45, 7) is 0.807. The summed E-state index contributed by atoms with van der Waals surface area (Å²) in [5, 5.41) is 10.3. The van der Waals surface area contributed by atoms with Gasteiger partial charge in [0, 0.05) is 37.5 Å². The number of alkyl halides is 1. The van der Waals surface area contributed by atoms with Crippen molar-refractivity contribution in [2.45, 2.75) is 19.5 Å². The summed E-state index contributed by atoms with van der Waals surface area (Å²) in [6, 6.07) is 6.28. The maximum atomic E-state index is 14.7. The summed E-state index contributed by atoms with van der Waals surface area (Å²) in [5.41, 5.74) is 3.70. The maximum Gasteiger partial charge on any atom is 0.135 e. The number of hydrogen-bond acceptors (Lipinski definition) is 7. The molecule has 0 bridgehead atoms. The normalized spacial score (nSPS) is 13.4. The van der Waals surface area contributed by atoms with Gasteiger partial charge in [0.2, 0.25) is 0 Å². The summed E-state index contributed by atoms with van der Waals surface area (Å²) in [6.07, 6.45) is 5.49. The lowest BCUT2D eigenvalue weighted by Crippen LogP contribution is -2.19. The molecule has 1 aromatic carbocycles. The minimum atomic E-state index is -0.722. The molecular weight excluding hydrogens is 480 g/mol. The van der Waals surface area contributed by atoms with Gasteiger partial charge in [-0.3, -0.25) is 10.1 Å². The number of pyridine rings is 1. The number of ether oxygens (including phenoxy) is 2. The summed E-state index contributed by atoms with van der Waals surface area (Å²) in [7, 11) is 5.74. The SMILES string of the molecule is CN(C)CCOc1cc(F)cc(OCC2CC2)c1-c1c(-c2cc(-c3nn[nH]c3CF)ccn2)ncn1C. The Balaban J connectivity index is 1.61. The molecule has 3 aromatic heterocycles. The van der Waals surface area contributed by atoms with Crippen LogP contribution in [-0.2, 0) is 13.7 Å². The molecule has 4 aromatic rings. The third kappa shape index (κ3) is 5.46. The van der Waals surface area contributed by atoms with Crippen LogP contribution >= 0.6 is 0 Å². The Bertz CT molecular complexity index is 1380. The van der Waals surface area contributed by atoms with E-state index in [1.165, 1.54) is 12.1 Å². The number of benzene rings is 1. The second-order valence-corrected chi connectivity index (χ2v) is 9.44. The second-order valence-electron chi connectivity index (χ2n) is 9.44. The number of aromatic amines is 1. The Morgan fingerprint density at radius 2 is 1.89 bits per heavy atom. The van der Waals surface area contributed by atoms with E-state index in [0.717, 1.165) is 12.8 Å². The van der Waals surface area contributed by atoms with E-state index in [1.54, 1.807) is 24.7 Å². The molecule has 9 nitrogen and oxygen atoms in total. The van der Waals surface area contributed by atoms with Crippen molar-refractivity contribution in [1.82, 2.24) is 34.8 Å². The van der Waals surface area contributed by atoms with Crippen LogP contribution in [0.3, 0.4) is 0 Å². The van der Waals surface area contributed by atoms with E-state index < -0.39 is 12.5 Å². The number of rotatable bonds is 11. The Hall–Kier alpha value is -3.86. The maximum absolute atomic E-state index is 14.7. The number of aromatic nitrogens is 6. The van der Waals surface area contributed by atoms with E-state index in [4.69, 9.17) is 9.47 Å². The Morgan fingerprint density at radius 1 is 1.11 bits per heavy atom. The second kappa shape index (κ2) is 10.6. The summed E-state index contributed by atoms with van der Waals surface area (Å²) in [5.74, 6) is 0.794. The van der Waals surface area contributed by atoms with Crippen LogP contribution in [0, 0.1) is 11.7 Å². The molecular formula is C26H29F2N7O2. The Kier molecular flexibility index (Phi) is 7.13. The predicted octanol–water partition coefficient (Wildman–Crippen LogP) is 4.27. The van der Waals surface area contributed by atoms with E-state index in [-0.39, 0.29) is 5.69 Å². The molecule has 5 rings (SSSR count). The summed E-state index contributed by atoms with van der Waals surface area (Å²) >= 11 is 0. The summed E-state index contributed by atoms with van der Waals surface area (Å²) < 4.78 is 42.2. The first-order valence-electron chi connectivity index (χ1n) is 12.1. The topological polar surface area (TPSA) is 94.0 Å². The standard InChI is InChI=1S/C26H29F2N7O2/c1-34(2)8-9-36-21-11-18(28)12-22(37-14-16-4-5-16)23(21)26-25(30-15-35(26)3)19-10-17(6-7-29-19)24-20(13-27)31-33-32-24/h6-7,10-12,15-16H,4-5,8-9,13-14H2,1-3H3,(H,31,32,33). The van der Waals surface area contributed by atoms with Crippen molar-refractivity contribution in [3.05, 3.63) is 48.3 Å². The number of halogens is 2. The van der Waals surface area contributed by atoms with Gasteiger partial charge >= 0.3 is 0 Å². The van der Waals surface area contributed by atoms with Crippen molar-refractivity contribution in [3.8, 4) is 45.4 Å². The van der Waals surface area contributed by atoms with E-state index in [2.05, 4.69) is 25.4 Å². The Labute approximate surface area is 213 Å². The number of hydrogen-bond donors (Lipinski definition) is 1. The molecule has 0 saturated heterocycles. The third-order valence-electron chi connectivity index (χ3n) is 6.20. The van der Waals surface area contributed by atoms with E-state index in [0.29, 0.717) is 71.1 Å². The molecule has 37 heavy (non-hydrogen) atoms. The zero-order valence-corrected chi connectivity index (χ0v) is 21.0. The lowest BCUT2D eigenvalue weighted by molar-refractivity contribution is 0.258. The van der Waals surface area contributed by atoms with Crippen molar-refractivity contribution in [1.29, 1.82) is 0 Å². The highest BCUT2D eigenvalue weighted by Gasteiger charge is 2.27. The number of nitrogens with zero attached hydrogens (tertiary/aromatic N) is 6. The van der Waals surface area contributed by atoms with Crippen LogP contribution in [0.15, 0.2) is 36.8 Å². The largest absolute Gasteiger partial charge is 0.492 e. The minimum Gasteiger partial charge on any atom is -0.492 e. The first-order valence-corrected chi connectivity index (χ1v) is 12.1. The minimum absolute atomic E-state index is 0.282. The zero-order valence-electron chi connectivity index (χ0n) is 21.0. The number of H-pyrrole nitrogens is 1. The van der Waals surface area contributed by atoms with Gasteiger partial charge < -0.3 is 18.9 Å². The summed E-state index contributed by atoms with van der Waals surface area (Å²) in [4.78, 5) is 11.1. The van der Waals surface area contributed by atoms with Crippen LogP contribution in [0.2, 0.25) is 0 Å². The van der Waals surface area contributed by atoms with Crippen molar-refractivity contribution in [3.63, 3.8) is 0 Å². The van der Waals surface area contributed by atoms with Gasteiger partial charge in [0.1, 0.15) is 42.0 Å². The lowest BCUT2D eigenvalue weighted by atomic mass is 10.0. The van der Waals surface area contributed by atoms with Gasteiger partial charge in [0.05, 0.1) is 35.6 Å². The molecule has 1 saturated carbocycles. The average molecular weight is 510 g/mol. The fourth-order valence-electron chi connectivity index (χ4n) is 4.04. The fraction of sp³-hybridized carbons (Fsp3) is 0.385. The molecule has 0 amide bonds. The van der Waals surface area contributed by atoms with E-state index >= 15 is 0 Å². The van der Waals surface area contributed by atoms with Crippen LogP contribution in [0.5, 0.6) is 11.5 Å². The molecule has 0 atom stereocenters. The lowest BCUT2D eigenvalue weighted by Gasteiger charge is -2.19. The highest BCUT2D eigenvalue weighted by molar-refractivity contribution is 5.85. The molecule has 194 valence electrons. The van der Waals surface area contributed by atoms with Crippen LogP contribution in [0.25, 0.3) is 33.9 Å². The molecule has 0 spiro atoms. The molecule has 1 fully saturated rings. The van der Waals surface area contributed by atoms with Gasteiger partial charge in [0.25, 0.3) is 0 Å². The molecule has 1 aliphatic carbocycles. The molecule has 3 heterocycles. The van der Waals surface area contributed by atoms with Crippen molar-refractivity contribution in [2.24, 2.45) is 13.0 Å². The van der Waals surface area contributed by atoms with E-state index in [1.807, 2.05) is 30.6 Å². The van der Waals surface area contributed by atoms with Crippen molar-refractivity contribution >= 4 is 0 Å². The Morgan fingerprint density at radius 3 is 2.62 bits per heavy atom. The number of nitrogens with one attached hydrogen (secondary N) is 1. The van der Waals surface area contributed by atoms with Gasteiger partial charge in [0.15, 0.2) is 0 Å². The monoisotopic (exact) mass is 509 g/mol. The smallest absolute Gasteiger partial charge is 0.135 e. The quantitative estimate of drug-likeness (QED) is 0.323. The molecule has 0 radical (unpaired) electrons. The fourth-order valence-corrected chi connectivity index (χ4v) is 4.04.